The molecule has 0 aromatic heterocycles. The van der Waals surface area contributed by atoms with Crippen LogP contribution in [0.5, 0.6) is 0 Å². The molecule has 0 aliphatic rings. The lowest BCUT2D eigenvalue weighted by Crippen LogP contribution is -2.23. The van der Waals surface area contributed by atoms with Gasteiger partial charge in [0.25, 0.3) is 0 Å². The molecule has 0 unspecified atom stereocenters. The van der Waals surface area contributed by atoms with Crippen molar-refractivity contribution < 1.29 is 0 Å². The van der Waals surface area contributed by atoms with Crippen molar-refractivity contribution >= 4 is 40.5 Å². The Balaban J connectivity index is 2.72. The van der Waals surface area contributed by atoms with E-state index in [1.54, 1.807) is 12.1 Å². The van der Waals surface area contributed by atoms with E-state index >= 15 is 0 Å². The van der Waals surface area contributed by atoms with Gasteiger partial charge in [-0.25, -0.2) is 0 Å². The van der Waals surface area contributed by atoms with Crippen LogP contribution in [-0.2, 0) is 0 Å². The summed E-state index contributed by atoms with van der Waals surface area (Å²) in [6, 6.07) is 5.46. The summed E-state index contributed by atoms with van der Waals surface area (Å²) < 4.78 is 0. The Morgan fingerprint density at radius 2 is 1.78 bits per heavy atom. The van der Waals surface area contributed by atoms with Crippen molar-refractivity contribution in [2.75, 3.05) is 11.9 Å². The molecule has 0 radical (unpaired) electrons. The lowest BCUT2D eigenvalue weighted by molar-refractivity contribution is 0.364. The topological polar surface area (TPSA) is 35.8 Å². The molecule has 18 heavy (non-hydrogen) atoms. The lowest BCUT2D eigenvalue weighted by atomic mass is 9.88. The molecule has 0 heterocycles. The lowest BCUT2D eigenvalue weighted by Gasteiger charge is -2.25. The van der Waals surface area contributed by atoms with Crippen LogP contribution in [0.1, 0.15) is 26.7 Å². The smallest absolute Gasteiger partial charge is 0.0720 e. The van der Waals surface area contributed by atoms with Crippen molar-refractivity contribution in [1.82, 2.24) is 0 Å². The van der Waals surface area contributed by atoms with Crippen molar-refractivity contribution in [1.29, 1.82) is 5.26 Å². The highest BCUT2D eigenvalue weighted by Crippen LogP contribution is 2.34. The van der Waals surface area contributed by atoms with Gasteiger partial charge in [0.15, 0.2) is 0 Å². The Labute approximate surface area is 123 Å². The van der Waals surface area contributed by atoms with Crippen LogP contribution in [-0.4, -0.2) is 6.54 Å². The standard InChI is InChI=1S/C13H15Cl3N2/c1-13(2,4-3-5-17)8-18-12-10(15)6-9(14)7-11(12)16/h6-7,18H,3-4,8H2,1-2H3. The Kier molecular flexibility index (Phi) is 5.59. The zero-order chi connectivity index (χ0) is 13.8. The molecule has 0 spiro atoms. The Bertz CT molecular complexity index is 441. The van der Waals surface area contributed by atoms with Crippen LogP contribution in [0.25, 0.3) is 0 Å². The number of anilines is 1. The molecular formula is C13H15Cl3N2. The van der Waals surface area contributed by atoms with E-state index < -0.39 is 0 Å². The summed E-state index contributed by atoms with van der Waals surface area (Å²) in [5.41, 5.74) is 0.690. The van der Waals surface area contributed by atoms with Gasteiger partial charge in [-0.05, 0) is 24.0 Å². The van der Waals surface area contributed by atoms with Crippen molar-refractivity contribution in [3.05, 3.63) is 27.2 Å². The van der Waals surface area contributed by atoms with Crippen molar-refractivity contribution in [3.63, 3.8) is 0 Å². The van der Waals surface area contributed by atoms with Crippen LogP contribution in [0.15, 0.2) is 12.1 Å². The predicted molar refractivity (Wildman–Crippen MR) is 78.6 cm³/mol. The normalized spacial score (nSPS) is 11.1. The average Bonchev–Trinajstić information content (AvgIpc) is 2.24. The fraction of sp³-hybridized carbons (Fsp3) is 0.462. The highest BCUT2D eigenvalue weighted by Gasteiger charge is 2.18. The number of halogens is 3. The minimum Gasteiger partial charge on any atom is -0.382 e. The predicted octanol–water partition coefficient (Wildman–Crippen LogP) is 5.39. The van der Waals surface area contributed by atoms with E-state index in [0.717, 1.165) is 6.42 Å². The molecule has 1 aromatic carbocycles. The summed E-state index contributed by atoms with van der Waals surface area (Å²) in [4.78, 5) is 0. The highest BCUT2D eigenvalue weighted by atomic mass is 35.5. The molecule has 0 atom stereocenters. The maximum absolute atomic E-state index is 8.61. The van der Waals surface area contributed by atoms with Gasteiger partial charge in [-0.15, -0.1) is 0 Å². The summed E-state index contributed by atoms with van der Waals surface area (Å²) in [6.45, 7) is 4.87. The maximum Gasteiger partial charge on any atom is 0.0720 e. The molecule has 1 N–H and O–H groups in total. The van der Waals surface area contributed by atoms with Crippen LogP contribution < -0.4 is 5.32 Å². The molecule has 1 rings (SSSR count). The molecule has 0 saturated heterocycles. The van der Waals surface area contributed by atoms with Crippen LogP contribution in [0.3, 0.4) is 0 Å². The number of nitrogens with zero attached hydrogens (tertiary/aromatic N) is 1. The number of nitrogens with one attached hydrogen (secondary N) is 1. The van der Waals surface area contributed by atoms with E-state index in [-0.39, 0.29) is 5.41 Å². The van der Waals surface area contributed by atoms with E-state index in [1.807, 2.05) is 0 Å². The molecule has 0 amide bonds. The van der Waals surface area contributed by atoms with E-state index in [9.17, 15) is 0 Å². The second kappa shape index (κ2) is 6.52. The van der Waals surface area contributed by atoms with Crippen LogP contribution in [0.4, 0.5) is 5.69 Å². The first kappa shape index (κ1) is 15.4. The Morgan fingerprint density at radius 1 is 1.22 bits per heavy atom. The number of hydrogen-bond acceptors (Lipinski definition) is 2. The fourth-order valence-corrected chi connectivity index (χ4v) is 2.47. The first-order valence-corrected chi connectivity index (χ1v) is 6.74. The van der Waals surface area contributed by atoms with Crippen LogP contribution >= 0.6 is 34.8 Å². The summed E-state index contributed by atoms with van der Waals surface area (Å²) >= 11 is 18.0. The number of rotatable bonds is 5. The molecule has 0 aliphatic carbocycles. The van der Waals surface area contributed by atoms with E-state index in [1.165, 1.54) is 0 Å². The molecule has 1 aromatic rings. The first-order valence-electron chi connectivity index (χ1n) is 5.61. The van der Waals surface area contributed by atoms with Gasteiger partial charge in [-0.1, -0.05) is 48.7 Å². The number of nitriles is 1. The summed E-state index contributed by atoms with van der Waals surface area (Å²) in [5.74, 6) is 0. The Hall–Kier alpha value is -0.620. The molecule has 0 bridgehead atoms. The van der Waals surface area contributed by atoms with Crippen molar-refractivity contribution in [3.8, 4) is 6.07 Å². The minimum absolute atomic E-state index is 0.00201. The van der Waals surface area contributed by atoms with Crippen molar-refractivity contribution in [2.24, 2.45) is 5.41 Å². The quantitative estimate of drug-likeness (QED) is 0.791. The fourth-order valence-electron chi connectivity index (χ4n) is 1.52. The largest absolute Gasteiger partial charge is 0.382 e. The highest BCUT2D eigenvalue weighted by molar-refractivity contribution is 6.41. The molecular weight excluding hydrogens is 291 g/mol. The van der Waals surface area contributed by atoms with Gasteiger partial charge in [0, 0.05) is 18.0 Å². The van der Waals surface area contributed by atoms with Crippen LogP contribution in [0, 0.1) is 16.7 Å². The maximum atomic E-state index is 8.61. The average molecular weight is 306 g/mol. The third-order valence-electron chi connectivity index (χ3n) is 2.66. The molecule has 0 fully saturated rings. The molecule has 0 saturated carbocycles. The summed E-state index contributed by atoms with van der Waals surface area (Å²) in [7, 11) is 0. The van der Waals surface area contributed by atoms with Gasteiger partial charge < -0.3 is 5.32 Å². The van der Waals surface area contributed by atoms with Gasteiger partial charge in [0.05, 0.1) is 21.8 Å². The SMILES string of the molecule is CC(C)(CCC#N)CNc1c(Cl)cc(Cl)cc1Cl. The minimum atomic E-state index is 0.00201. The zero-order valence-electron chi connectivity index (χ0n) is 10.4. The van der Waals surface area contributed by atoms with Gasteiger partial charge in [-0.2, -0.15) is 5.26 Å². The molecule has 2 nitrogen and oxygen atoms in total. The first-order chi connectivity index (χ1) is 8.35. The molecule has 98 valence electrons. The second-order valence-corrected chi connectivity index (χ2v) is 6.17. The van der Waals surface area contributed by atoms with Gasteiger partial charge in [-0.3, -0.25) is 0 Å². The summed E-state index contributed by atoms with van der Waals surface area (Å²) in [5, 5.41) is 13.4. The second-order valence-electron chi connectivity index (χ2n) is 4.92. The van der Waals surface area contributed by atoms with Gasteiger partial charge in [0.1, 0.15) is 0 Å². The van der Waals surface area contributed by atoms with Gasteiger partial charge >= 0.3 is 0 Å². The number of hydrogen-bond donors (Lipinski definition) is 1. The van der Waals surface area contributed by atoms with E-state index in [0.29, 0.717) is 33.7 Å². The number of benzene rings is 1. The van der Waals surface area contributed by atoms with Gasteiger partial charge in [0.2, 0.25) is 0 Å². The molecule has 0 aliphatic heterocycles. The zero-order valence-corrected chi connectivity index (χ0v) is 12.6. The van der Waals surface area contributed by atoms with E-state index in [2.05, 4.69) is 25.2 Å². The summed E-state index contributed by atoms with van der Waals surface area (Å²) in [6.07, 6.45) is 1.36. The third kappa shape index (κ3) is 4.57. The van der Waals surface area contributed by atoms with E-state index in [4.69, 9.17) is 40.1 Å². The van der Waals surface area contributed by atoms with Crippen LogP contribution in [0.2, 0.25) is 15.1 Å². The third-order valence-corrected chi connectivity index (χ3v) is 3.48. The van der Waals surface area contributed by atoms with Crippen molar-refractivity contribution in [2.45, 2.75) is 26.7 Å². The molecule has 5 heteroatoms. The Morgan fingerprint density at radius 3 is 2.28 bits per heavy atom. The monoisotopic (exact) mass is 304 g/mol.